The monoisotopic (exact) mass is 290 g/mol. The highest BCUT2D eigenvalue weighted by Gasteiger charge is 2.15. The summed E-state index contributed by atoms with van der Waals surface area (Å²) in [5, 5.41) is 3.52. The number of hydrogen-bond acceptors (Lipinski definition) is 3. The molecule has 1 saturated carbocycles. The first-order valence-electron chi connectivity index (χ1n) is 8.32. The molecule has 3 nitrogen and oxygen atoms in total. The standard InChI is InChI=1S/C18H30N2O/c1-14-11-15(13-19-18(2,3)4)12-17(20-14)21-16-9-7-5-6-8-10-16/h11-12,16,19H,5-10,13H2,1-4H3. The van der Waals surface area contributed by atoms with E-state index in [2.05, 4.69) is 43.2 Å². The Morgan fingerprint density at radius 2 is 1.81 bits per heavy atom. The topological polar surface area (TPSA) is 34.1 Å². The van der Waals surface area contributed by atoms with Crippen LogP contribution in [0.15, 0.2) is 12.1 Å². The zero-order chi connectivity index (χ0) is 15.3. The van der Waals surface area contributed by atoms with Crippen molar-refractivity contribution < 1.29 is 4.74 Å². The first-order valence-corrected chi connectivity index (χ1v) is 8.32. The van der Waals surface area contributed by atoms with Gasteiger partial charge in [-0.2, -0.15) is 0 Å². The Kier molecular flexibility index (Phi) is 5.63. The van der Waals surface area contributed by atoms with Crippen LogP contribution in [0.5, 0.6) is 5.88 Å². The van der Waals surface area contributed by atoms with Crippen molar-refractivity contribution in [1.82, 2.24) is 10.3 Å². The molecule has 0 bridgehead atoms. The van der Waals surface area contributed by atoms with Gasteiger partial charge in [0.25, 0.3) is 0 Å². The highest BCUT2D eigenvalue weighted by molar-refractivity contribution is 5.25. The molecular weight excluding hydrogens is 260 g/mol. The molecule has 1 aromatic rings. The molecule has 0 atom stereocenters. The summed E-state index contributed by atoms with van der Waals surface area (Å²) in [7, 11) is 0. The Bertz CT molecular complexity index is 443. The van der Waals surface area contributed by atoms with E-state index < -0.39 is 0 Å². The zero-order valence-electron chi connectivity index (χ0n) is 14.0. The highest BCUT2D eigenvalue weighted by Crippen LogP contribution is 2.23. The van der Waals surface area contributed by atoms with Crippen molar-refractivity contribution >= 4 is 0 Å². The minimum atomic E-state index is 0.124. The van der Waals surface area contributed by atoms with Crippen molar-refractivity contribution in [3.63, 3.8) is 0 Å². The van der Waals surface area contributed by atoms with E-state index in [1.165, 1.54) is 44.1 Å². The van der Waals surface area contributed by atoms with Crippen molar-refractivity contribution in [2.24, 2.45) is 0 Å². The molecule has 0 amide bonds. The third-order valence-electron chi connectivity index (χ3n) is 3.90. The van der Waals surface area contributed by atoms with Crippen LogP contribution in [0.1, 0.15) is 70.6 Å². The van der Waals surface area contributed by atoms with Crippen LogP contribution >= 0.6 is 0 Å². The summed E-state index contributed by atoms with van der Waals surface area (Å²) in [6.07, 6.45) is 7.97. The predicted molar refractivity (Wildman–Crippen MR) is 87.7 cm³/mol. The molecule has 1 aliphatic carbocycles. The second kappa shape index (κ2) is 7.26. The second-order valence-corrected chi connectivity index (χ2v) is 7.29. The summed E-state index contributed by atoms with van der Waals surface area (Å²) < 4.78 is 6.15. The molecule has 1 N–H and O–H groups in total. The normalized spacial score (nSPS) is 17.5. The van der Waals surface area contributed by atoms with E-state index in [1.807, 2.05) is 6.92 Å². The van der Waals surface area contributed by atoms with Crippen LogP contribution in [-0.2, 0) is 6.54 Å². The lowest BCUT2D eigenvalue weighted by Crippen LogP contribution is -2.35. The van der Waals surface area contributed by atoms with Crippen LogP contribution in [0.3, 0.4) is 0 Å². The zero-order valence-corrected chi connectivity index (χ0v) is 14.0. The number of rotatable bonds is 4. The second-order valence-electron chi connectivity index (χ2n) is 7.29. The van der Waals surface area contributed by atoms with Crippen molar-refractivity contribution in [3.8, 4) is 5.88 Å². The van der Waals surface area contributed by atoms with Crippen molar-refractivity contribution in [1.29, 1.82) is 0 Å². The Morgan fingerprint density at radius 3 is 2.43 bits per heavy atom. The smallest absolute Gasteiger partial charge is 0.214 e. The van der Waals surface area contributed by atoms with Crippen LogP contribution in [0, 0.1) is 6.92 Å². The average Bonchev–Trinajstić information content (AvgIpc) is 2.64. The summed E-state index contributed by atoms with van der Waals surface area (Å²) in [6.45, 7) is 9.45. The minimum Gasteiger partial charge on any atom is -0.474 e. The van der Waals surface area contributed by atoms with Gasteiger partial charge in [-0.25, -0.2) is 4.98 Å². The van der Waals surface area contributed by atoms with Crippen LogP contribution < -0.4 is 10.1 Å². The lowest BCUT2D eigenvalue weighted by molar-refractivity contribution is 0.175. The molecular formula is C18H30N2O. The van der Waals surface area contributed by atoms with E-state index in [0.717, 1.165) is 18.1 Å². The van der Waals surface area contributed by atoms with E-state index in [0.29, 0.717) is 6.10 Å². The summed E-state index contributed by atoms with van der Waals surface area (Å²) in [4.78, 5) is 4.55. The van der Waals surface area contributed by atoms with Gasteiger partial charge in [-0.1, -0.05) is 12.8 Å². The molecule has 0 saturated heterocycles. The van der Waals surface area contributed by atoms with E-state index in [-0.39, 0.29) is 5.54 Å². The molecule has 1 fully saturated rings. The van der Waals surface area contributed by atoms with E-state index in [1.54, 1.807) is 0 Å². The van der Waals surface area contributed by atoms with Gasteiger partial charge in [0.05, 0.1) is 0 Å². The van der Waals surface area contributed by atoms with Gasteiger partial charge in [-0.05, 0) is 65.0 Å². The molecule has 0 aliphatic heterocycles. The fraction of sp³-hybridized carbons (Fsp3) is 0.722. The highest BCUT2D eigenvalue weighted by atomic mass is 16.5. The predicted octanol–water partition coefficient (Wildman–Crippen LogP) is 4.38. The van der Waals surface area contributed by atoms with Gasteiger partial charge in [0.15, 0.2) is 0 Å². The van der Waals surface area contributed by atoms with Crippen LogP contribution in [0.25, 0.3) is 0 Å². The van der Waals surface area contributed by atoms with Gasteiger partial charge in [-0.3, -0.25) is 0 Å². The lowest BCUT2D eigenvalue weighted by atomic mass is 10.1. The van der Waals surface area contributed by atoms with Crippen molar-refractivity contribution in [3.05, 3.63) is 23.4 Å². The molecule has 3 heteroatoms. The number of pyridine rings is 1. The molecule has 2 rings (SSSR count). The van der Waals surface area contributed by atoms with Crippen molar-refractivity contribution in [2.45, 2.75) is 84.4 Å². The summed E-state index contributed by atoms with van der Waals surface area (Å²) in [5.74, 6) is 0.799. The molecule has 0 radical (unpaired) electrons. The quantitative estimate of drug-likeness (QED) is 0.836. The maximum absolute atomic E-state index is 6.15. The summed E-state index contributed by atoms with van der Waals surface area (Å²) in [6, 6.07) is 4.23. The molecule has 0 unspecified atom stereocenters. The third-order valence-corrected chi connectivity index (χ3v) is 3.90. The molecule has 0 aromatic carbocycles. The van der Waals surface area contributed by atoms with Crippen molar-refractivity contribution in [2.75, 3.05) is 0 Å². The fourth-order valence-corrected chi connectivity index (χ4v) is 2.77. The maximum Gasteiger partial charge on any atom is 0.214 e. The summed E-state index contributed by atoms with van der Waals surface area (Å²) >= 11 is 0. The van der Waals surface area contributed by atoms with Gasteiger partial charge in [0.1, 0.15) is 6.10 Å². The third kappa shape index (κ3) is 6.04. The van der Waals surface area contributed by atoms with E-state index in [9.17, 15) is 0 Å². The SMILES string of the molecule is Cc1cc(CNC(C)(C)C)cc(OC2CCCCCC2)n1. The van der Waals surface area contributed by atoms with E-state index >= 15 is 0 Å². The van der Waals surface area contributed by atoms with Gasteiger partial charge < -0.3 is 10.1 Å². The number of nitrogens with zero attached hydrogens (tertiary/aromatic N) is 1. The Hall–Kier alpha value is -1.09. The first kappa shape index (κ1) is 16.3. The molecule has 1 aliphatic rings. The lowest BCUT2D eigenvalue weighted by Gasteiger charge is -2.21. The minimum absolute atomic E-state index is 0.124. The Morgan fingerprint density at radius 1 is 1.14 bits per heavy atom. The van der Waals surface area contributed by atoms with Crippen LogP contribution in [-0.4, -0.2) is 16.6 Å². The summed E-state index contributed by atoms with van der Waals surface area (Å²) in [5.41, 5.74) is 2.41. The molecule has 1 heterocycles. The molecule has 118 valence electrons. The number of ether oxygens (including phenoxy) is 1. The Labute approximate surface area is 129 Å². The average molecular weight is 290 g/mol. The fourth-order valence-electron chi connectivity index (χ4n) is 2.77. The number of hydrogen-bond donors (Lipinski definition) is 1. The van der Waals surface area contributed by atoms with Crippen LogP contribution in [0.2, 0.25) is 0 Å². The number of aryl methyl sites for hydroxylation is 1. The number of nitrogens with one attached hydrogen (secondary N) is 1. The number of aromatic nitrogens is 1. The largest absolute Gasteiger partial charge is 0.474 e. The van der Waals surface area contributed by atoms with Gasteiger partial charge in [0.2, 0.25) is 5.88 Å². The first-order chi connectivity index (χ1) is 9.92. The Balaban J connectivity index is 2.00. The van der Waals surface area contributed by atoms with Crippen LogP contribution in [0.4, 0.5) is 0 Å². The maximum atomic E-state index is 6.15. The molecule has 0 spiro atoms. The van der Waals surface area contributed by atoms with E-state index in [4.69, 9.17) is 4.74 Å². The van der Waals surface area contributed by atoms with Gasteiger partial charge >= 0.3 is 0 Å². The van der Waals surface area contributed by atoms with Gasteiger partial charge in [0, 0.05) is 23.8 Å². The molecule has 1 aromatic heterocycles. The molecule has 21 heavy (non-hydrogen) atoms. The van der Waals surface area contributed by atoms with Gasteiger partial charge in [-0.15, -0.1) is 0 Å².